The molecule has 0 fully saturated rings. The number of nitrogens with one attached hydrogen (secondary N) is 4. The van der Waals surface area contributed by atoms with Crippen LogP contribution in [-0.4, -0.2) is 91.8 Å². The standard InChI is InChI=1S/C19H30N6O7S2/c1-34-5-4-11(20)16(28)24-13(6-10-7-21-9-22-10)18(30)23-12(2-3-15(26)27)17(29)25-14(8-33)19(31)32/h7,9,11-14,33H,2-6,8,20H2,1H3,(H,21,22)(H,23,30)(H,24,28)(H,25,29)(H,26,27)(H,31,32). The van der Waals surface area contributed by atoms with Crippen LogP contribution in [0.3, 0.4) is 0 Å². The van der Waals surface area contributed by atoms with E-state index in [9.17, 15) is 24.0 Å². The number of hydrogen-bond acceptors (Lipinski definition) is 9. The number of nitrogens with zero attached hydrogens (tertiary/aromatic N) is 1. The summed E-state index contributed by atoms with van der Waals surface area (Å²) in [6.07, 6.45) is 4.33. The lowest BCUT2D eigenvalue weighted by Crippen LogP contribution is -2.58. The first-order valence-electron chi connectivity index (χ1n) is 10.3. The molecule has 3 amide bonds. The zero-order chi connectivity index (χ0) is 25.7. The van der Waals surface area contributed by atoms with Crippen LogP contribution in [0, 0.1) is 0 Å². The molecule has 0 bridgehead atoms. The number of carbonyl (C=O) groups excluding carboxylic acids is 3. The van der Waals surface area contributed by atoms with Crippen molar-refractivity contribution < 1.29 is 34.2 Å². The van der Waals surface area contributed by atoms with Gasteiger partial charge in [-0.05, 0) is 24.9 Å². The Balaban J connectivity index is 3.02. The summed E-state index contributed by atoms with van der Waals surface area (Å²) < 4.78 is 0. The van der Waals surface area contributed by atoms with Gasteiger partial charge in [-0.1, -0.05) is 0 Å². The Kier molecular flexibility index (Phi) is 13.1. The number of aromatic amines is 1. The molecule has 13 nitrogen and oxygen atoms in total. The van der Waals surface area contributed by atoms with Crippen molar-refractivity contribution in [2.24, 2.45) is 5.73 Å². The van der Waals surface area contributed by atoms with E-state index in [1.54, 1.807) is 0 Å². The van der Waals surface area contributed by atoms with Crippen molar-refractivity contribution in [3.8, 4) is 0 Å². The first-order valence-corrected chi connectivity index (χ1v) is 12.3. The Labute approximate surface area is 205 Å². The molecule has 0 spiro atoms. The van der Waals surface area contributed by atoms with Gasteiger partial charge in [-0.15, -0.1) is 0 Å². The number of imidazole rings is 1. The van der Waals surface area contributed by atoms with E-state index in [-0.39, 0.29) is 18.6 Å². The summed E-state index contributed by atoms with van der Waals surface area (Å²) in [5, 5.41) is 25.3. The van der Waals surface area contributed by atoms with Gasteiger partial charge >= 0.3 is 11.9 Å². The molecule has 34 heavy (non-hydrogen) atoms. The molecule has 0 radical (unpaired) electrons. The van der Waals surface area contributed by atoms with Crippen LogP contribution in [0.5, 0.6) is 0 Å². The Morgan fingerprint density at radius 2 is 1.68 bits per heavy atom. The zero-order valence-electron chi connectivity index (χ0n) is 18.5. The van der Waals surface area contributed by atoms with Crippen LogP contribution in [0.2, 0.25) is 0 Å². The minimum absolute atomic E-state index is 0.00547. The molecule has 4 atom stereocenters. The van der Waals surface area contributed by atoms with Crippen molar-refractivity contribution in [3.63, 3.8) is 0 Å². The smallest absolute Gasteiger partial charge is 0.327 e. The van der Waals surface area contributed by atoms with Crippen LogP contribution in [0.4, 0.5) is 0 Å². The number of H-pyrrole nitrogens is 1. The molecule has 0 saturated carbocycles. The molecule has 8 N–H and O–H groups in total. The molecule has 0 aliphatic rings. The summed E-state index contributed by atoms with van der Waals surface area (Å²) in [4.78, 5) is 67.0. The fourth-order valence-electron chi connectivity index (χ4n) is 2.75. The number of rotatable bonds is 16. The van der Waals surface area contributed by atoms with E-state index in [0.29, 0.717) is 17.9 Å². The van der Waals surface area contributed by atoms with Gasteiger partial charge in [0.25, 0.3) is 0 Å². The fourth-order valence-corrected chi connectivity index (χ4v) is 3.48. The Hall–Kier alpha value is -2.78. The SMILES string of the molecule is CSCCC(N)C(=O)NC(Cc1cnc[nH]1)C(=O)NC(CCC(=O)O)C(=O)NC(CS)C(=O)O. The third kappa shape index (κ3) is 10.4. The second-order valence-corrected chi connectivity index (χ2v) is 8.66. The number of amides is 3. The predicted molar refractivity (Wildman–Crippen MR) is 127 cm³/mol. The highest BCUT2D eigenvalue weighted by atomic mass is 32.2. The van der Waals surface area contributed by atoms with Crippen LogP contribution in [-0.2, 0) is 30.4 Å². The summed E-state index contributed by atoms with van der Waals surface area (Å²) in [6.45, 7) is 0. The number of aliphatic carboxylic acids is 2. The summed E-state index contributed by atoms with van der Waals surface area (Å²) in [6, 6.07) is -4.72. The van der Waals surface area contributed by atoms with E-state index in [4.69, 9.17) is 15.9 Å². The maximum Gasteiger partial charge on any atom is 0.327 e. The van der Waals surface area contributed by atoms with E-state index in [0.717, 1.165) is 0 Å². The minimum Gasteiger partial charge on any atom is -0.481 e. The number of nitrogens with two attached hydrogens (primary N) is 1. The molecule has 0 aromatic carbocycles. The van der Waals surface area contributed by atoms with E-state index >= 15 is 0 Å². The monoisotopic (exact) mass is 518 g/mol. The third-order valence-electron chi connectivity index (χ3n) is 4.66. The first kappa shape index (κ1) is 29.3. The molecule has 0 saturated heterocycles. The van der Waals surface area contributed by atoms with Crippen LogP contribution in [0.15, 0.2) is 12.5 Å². The molecule has 1 aromatic heterocycles. The van der Waals surface area contributed by atoms with Gasteiger partial charge in [0.1, 0.15) is 18.1 Å². The normalized spacial score (nSPS) is 14.3. The molecular weight excluding hydrogens is 488 g/mol. The third-order valence-corrected chi connectivity index (χ3v) is 5.67. The molecule has 4 unspecified atom stereocenters. The second-order valence-electron chi connectivity index (χ2n) is 7.31. The molecule has 1 rings (SSSR count). The minimum atomic E-state index is -1.36. The maximum absolute atomic E-state index is 13.0. The van der Waals surface area contributed by atoms with E-state index in [1.165, 1.54) is 24.3 Å². The van der Waals surface area contributed by atoms with Gasteiger partial charge in [0.15, 0.2) is 0 Å². The Morgan fingerprint density at radius 3 is 2.21 bits per heavy atom. The highest BCUT2D eigenvalue weighted by molar-refractivity contribution is 7.98. The summed E-state index contributed by atoms with van der Waals surface area (Å²) >= 11 is 5.38. The van der Waals surface area contributed by atoms with Crippen molar-refractivity contribution >= 4 is 54.1 Å². The highest BCUT2D eigenvalue weighted by Crippen LogP contribution is 2.05. The van der Waals surface area contributed by atoms with Crippen molar-refractivity contribution in [1.29, 1.82) is 0 Å². The van der Waals surface area contributed by atoms with Crippen LogP contribution in [0.25, 0.3) is 0 Å². The summed E-state index contributed by atoms with van der Waals surface area (Å²) in [5.41, 5.74) is 6.40. The molecule has 0 aliphatic carbocycles. The molecule has 1 heterocycles. The highest BCUT2D eigenvalue weighted by Gasteiger charge is 2.30. The zero-order valence-corrected chi connectivity index (χ0v) is 20.2. The number of carboxylic acids is 2. The average Bonchev–Trinajstić information content (AvgIpc) is 3.30. The molecule has 15 heteroatoms. The maximum atomic E-state index is 13.0. The predicted octanol–water partition coefficient (Wildman–Crippen LogP) is -1.63. The van der Waals surface area contributed by atoms with Crippen molar-refractivity contribution in [2.45, 2.75) is 49.9 Å². The summed E-state index contributed by atoms with van der Waals surface area (Å²) in [5.74, 6) is -4.36. The Morgan fingerprint density at radius 1 is 1.06 bits per heavy atom. The van der Waals surface area contributed by atoms with E-state index in [2.05, 4.69) is 38.5 Å². The Bertz CT molecular complexity index is 839. The second kappa shape index (κ2) is 15.2. The van der Waals surface area contributed by atoms with E-state index in [1.807, 2.05) is 6.26 Å². The topological polar surface area (TPSA) is 217 Å². The lowest BCUT2D eigenvalue weighted by atomic mass is 10.1. The van der Waals surface area contributed by atoms with Crippen LogP contribution < -0.4 is 21.7 Å². The van der Waals surface area contributed by atoms with Gasteiger partial charge < -0.3 is 36.9 Å². The van der Waals surface area contributed by atoms with Gasteiger partial charge in [-0.2, -0.15) is 24.4 Å². The van der Waals surface area contributed by atoms with Crippen molar-refractivity contribution in [3.05, 3.63) is 18.2 Å². The van der Waals surface area contributed by atoms with E-state index < -0.39 is 60.2 Å². The average molecular weight is 519 g/mol. The number of thioether (sulfide) groups is 1. The summed E-state index contributed by atoms with van der Waals surface area (Å²) in [7, 11) is 0. The quantitative estimate of drug-likeness (QED) is 0.117. The van der Waals surface area contributed by atoms with Gasteiger partial charge in [-0.25, -0.2) is 9.78 Å². The van der Waals surface area contributed by atoms with Crippen molar-refractivity contribution in [2.75, 3.05) is 17.8 Å². The number of thiol groups is 1. The largest absolute Gasteiger partial charge is 0.481 e. The molecule has 190 valence electrons. The van der Waals surface area contributed by atoms with Gasteiger partial charge in [0, 0.05) is 30.5 Å². The number of carboxylic acid groups (broad SMARTS) is 2. The number of aromatic nitrogens is 2. The number of carbonyl (C=O) groups is 5. The lowest BCUT2D eigenvalue weighted by molar-refractivity contribution is -0.142. The van der Waals surface area contributed by atoms with Crippen molar-refractivity contribution in [1.82, 2.24) is 25.9 Å². The van der Waals surface area contributed by atoms with Crippen LogP contribution in [0.1, 0.15) is 25.0 Å². The molecular formula is C19H30N6O7S2. The van der Waals surface area contributed by atoms with Gasteiger partial charge in [-0.3, -0.25) is 19.2 Å². The lowest BCUT2D eigenvalue weighted by Gasteiger charge is -2.24. The molecule has 1 aromatic rings. The van der Waals surface area contributed by atoms with Crippen LogP contribution >= 0.6 is 24.4 Å². The molecule has 0 aliphatic heterocycles. The fraction of sp³-hybridized carbons (Fsp3) is 0.579. The number of hydrogen-bond donors (Lipinski definition) is 8. The van der Waals surface area contributed by atoms with Gasteiger partial charge in [0.05, 0.1) is 12.4 Å². The van der Waals surface area contributed by atoms with Gasteiger partial charge in [0.2, 0.25) is 17.7 Å². The first-order chi connectivity index (χ1) is 16.1.